The van der Waals surface area contributed by atoms with Crippen molar-refractivity contribution in [1.82, 2.24) is 20.1 Å². The van der Waals surface area contributed by atoms with Crippen molar-refractivity contribution >= 4 is 23.2 Å². The molecule has 1 aromatic heterocycles. The van der Waals surface area contributed by atoms with Gasteiger partial charge in [-0.2, -0.15) is 0 Å². The number of likely N-dealkylation sites (tertiary alicyclic amines) is 2. The number of thiazole rings is 1. The largest absolute Gasteiger partial charge is 0.350 e. The van der Waals surface area contributed by atoms with Crippen LogP contribution in [0.25, 0.3) is 0 Å². The van der Waals surface area contributed by atoms with Gasteiger partial charge in [-0.05, 0) is 18.3 Å². The summed E-state index contributed by atoms with van der Waals surface area (Å²) in [6.07, 6.45) is 1.44. The molecule has 3 heterocycles. The second kappa shape index (κ2) is 7.61. The maximum Gasteiger partial charge on any atom is 0.239 e. The maximum absolute atomic E-state index is 12.4. The molecule has 24 heavy (non-hydrogen) atoms. The molecule has 2 aliphatic heterocycles. The van der Waals surface area contributed by atoms with Crippen LogP contribution in [0.3, 0.4) is 0 Å². The summed E-state index contributed by atoms with van der Waals surface area (Å²) in [7, 11) is 0. The Hall–Kier alpha value is -1.47. The molecular formula is C17H26N4O2S. The highest BCUT2D eigenvalue weighted by atomic mass is 32.1. The van der Waals surface area contributed by atoms with Crippen LogP contribution in [0, 0.1) is 11.8 Å². The molecule has 7 heteroatoms. The number of hydrogen-bond acceptors (Lipinski definition) is 5. The zero-order valence-corrected chi connectivity index (χ0v) is 15.2. The van der Waals surface area contributed by atoms with Crippen LogP contribution in [0.15, 0.2) is 10.9 Å². The van der Waals surface area contributed by atoms with E-state index < -0.39 is 0 Å². The van der Waals surface area contributed by atoms with Gasteiger partial charge in [-0.3, -0.25) is 14.5 Å². The van der Waals surface area contributed by atoms with Gasteiger partial charge in [0.2, 0.25) is 11.8 Å². The number of carbonyl (C=O) groups is 2. The molecule has 0 aromatic carbocycles. The average molecular weight is 350 g/mol. The van der Waals surface area contributed by atoms with E-state index >= 15 is 0 Å². The van der Waals surface area contributed by atoms with Crippen molar-refractivity contribution in [3.8, 4) is 0 Å². The summed E-state index contributed by atoms with van der Waals surface area (Å²) in [5.41, 5.74) is 2.95. The van der Waals surface area contributed by atoms with E-state index in [9.17, 15) is 9.59 Å². The van der Waals surface area contributed by atoms with Crippen LogP contribution in [0.4, 0.5) is 0 Å². The molecule has 2 atom stereocenters. The van der Waals surface area contributed by atoms with Crippen LogP contribution in [-0.2, 0) is 16.1 Å². The van der Waals surface area contributed by atoms with E-state index in [1.54, 1.807) is 16.2 Å². The van der Waals surface area contributed by atoms with Crippen molar-refractivity contribution in [2.24, 2.45) is 11.8 Å². The van der Waals surface area contributed by atoms with E-state index in [4.69, 9.17) is 0 Å². The highest BCUT2D eigenvalue weighted by Crippen LogP contribution is 2.26. The molecule has 1 N–H and O–H groups in total. The summed E-state index contributed by atoms with van der Waals surface area (Å²) in [4.78, 5) is 32.4. The number of amides is 2. The van der Waals surface area contributed by atoms with Gasteiger partial charge < -0.3 is 10.2 Å². The van der Waals surface area contributed by atoms with Gasteiger partial charge in [0, 0.05) is 44.0 Å². The molecule has 2 saturated heterocycles. The Kier molecular flexibility index (Phi) is 5.50. The summed E-state index contributed by atoms with van der Waals surface area (Å²) in [5, 5.41) is 5.25. The van der Waals surface area contributed by atoms with Crippen LogP contribution in [-0.4, -0.2) is 58.8 Å². The molecule has 2 fully saturated rings. The summed E-state index contributed by atoms with van der Waals surface area (Å²) in [6.45, 7) is 7.99. The first kappa shape index (κ1) is 17.4. The number of nitrogens with one attached hydrogen (secondary N) is 1. The third-order valence-corrected chi connectivity index (χ3v) is 5.65. The Labute approximate surface area is 147 Å². The van der Waals surface area contributed by atoms with Gasteiger partial charge in [0.05, 0.1) is 17.7 Å². The van der Waals surface area contributed by atoms with E-state index in [1.165, 1.54) is 0 Å². The standard InChI is InChI=1S/C17H26N4O2S/c1-12(2)14-7-20(6-13-10-24-11-18-13)8-15(14)19-16(22)9-21-5-3-4-17(21)23/h10-12,14-15H,3-9H2,1-2H3,(H,19,22)/t14-,15+/m1/s1. The van der Waals surface area contributed by atoms with E-state index in [1.807, 2.05) is 5.51 Å². The molecule has 0 saturated carbocycles. The van der Waals surface area contributed by atoms with E-state index in [2.05, 4.69) is 34.4 Å². The lowest BCUT2D eigenvalue weighted by Gasteiger charge is -2.24. The number of rotatable bonds is 6. The topological polar surface area (TPSA) is 65.5 Å². The molecular weight excluding hydrogens is 324 g/mol. The minimum Gasteiger partial charge on any atom is -0.350 e. The van der Waals surface area contributed by atoms with Gasteiger partial charge >= 0.3 is 0 Å². The monoisotopic (exact) mass is 350 g/mol. The molecule has 3 rings (SSSR count). The van der Waals surface area contributed by atoms with E-state index in [0.29, 0.717) is 24.8 Å². The SMILES string of the molecule is CC(C)[C@H]1CN(Cc2cscn2)C[C@@H]1NC(=O)CN1CCCC1=O. The lowest BCUT2D eigenvalue weighted by Crippen LogP contribution is -2.46. The molecule has 0 aliphatic carbocycles. The number of nitrogens with zero attached hydrogens (tertiary/aromatic N) is 3. The molecule has 0 spiro atoms. The normalized spacial score (nSPS) is 25.0. The van der Waals surface area contributed by atoms with E-state index in [0.717, 1.165) is 31.7 Å². The molecule has 2 aliphatic rings. The summed E-state index contributed by atoms with van der Waals surface area (Å²) >= 11 is 1.61. The van der Waals surface area contributed by atoms with Crippen LogP contribution in [0.2, 0.25) is 0 Å². The van der Waals surface area contributed by atoms with Gasteiger partial charge in [0.1, 0.15) is 0 Å². The third kappa shape index (κ3) is 4.13. The predicted molar refractivity (Wildman–Crippen MR) is 93.5 cm³/mol. The number of carbonyl (C=O) groups excluding carboxylic acids is 2. The maximum atomic E-state index is 12.4. The molecule has 0 radical (unpaired) electrons. The number of aromatic nitrogens is 1. The first-order valence-electron chi connectivity index (χ1n) is 8.69. The van der Waals surface area contributed by atoms with Crippen LogP contribution in [0.1, 0.15) is 32.4 Å². The predicted octanol–water partition coefficient (Wildman–Crippen LogP) is 1.34. The van der Waals surface area contributed by atoms with Gasteiger partial charge in [0.25, 0.3) is 0 Å². The van der Waals surface area contributed by atoms with Crippen molar-refractivity contribution in [2.75, 3.05) is 26.2 Å². The highest BCUT2D eigenvalue weighted by Gasteiger charge is 2.36. The van der Waals surface area contributed by atoms with Crippen molar-refractivity contribution in [2.45, 2.75) is 39.3 Å². The fourth-order valence-electron chi connectivity index (χ4n) is 3.71. The second-order valence-electron chi connectivity index (χ2n) is 7.17. The molecule has 0 bridgehead atoms. The zero-order chi connectivity index (χ0) is 17.1. The van der Waals surface area contributed by atoms with Crippen LogP contribution >= 0.6 is 11.3 Å². The van der Waals surface area contributed by atoms with Crippen molar-refractivity contribution in [3.63, 3.8) is 0 Å². The fraction of sp³-hybridized carbons (Fsp3) is 0.706. The van der Waals surface area contributed by atoms with Crippen LogP contribution in [0.5, 0.6) is 0 Å². The fourth-order valence-corrected chi connectivity index (χ4v) is 4.26. The summed E-state index contributed by atoms with van der Waals surface area (Å²) in [5.74, 6) is 1.00. The molecule has 1 aromatic rings. The Morgan fingerprint density at radius 1 is 1.46 bits per heavy atom. The lowest BCUT2D eigenvalue weighted by molar-refractivity contribution is -0.133. The Morgan fingerprint density at radius 3 is 2.92 bits per heavy atom. The third-order valence-electron chi connectivity index (χ3n) is 5.02. The van der Waals surface area contributed by atoms with Gasteiger partial charge in [-0.25, -0.2) is 4.98 Å². The minimum absolute atomic E-state index is 0.0311. The molecule has 132 valence electrons. The Bertz CT molecular complexity index is 575. The minimum atomic E-state index is -0.0311. The van der Waals surface area contributed by atoms with Crippen molar-refractivity contribution in [3.05, 3.63) is 16.6 Å². The molecule has 6 nitrogen and oxygen atoms in total. The molecule has 2 amide bonds. The Morgan fingerprint density at radius 2 is 2.29 bits per heavy atom. The van der Waals surface area contributed by atoms with Gasteiger partial charge in [-0.15, -0.1) is 11.3 Å². The second-order valence-corrected chi connectivity index (χ2v) is 7.89. The molecule has 0 unspecified atom stereocenters. The number of hydrogen-bond donors (Lipinski definition) is 1. The highest BCUT2D eigenvalue weighted by molar-refractivity contribution is 7.07. The Balaban J connectivity index is 1.56. The van der Waals surface area contributed by atoms with Crippen LogP contribution < -0.4 is 5.32 Å². The summed E-state index contributed by atoms with van der Waals surface area (Å²) in [6, 6.07) is 0.147. The van der Waals surface area contributed by atoms with Crippen molar-refractivity contribution < 1.29 is 9.59 Å². The van der Waals surface area contributed by atoms with E-state index in [-0.39, 0.29) is 24.4 Å². The first-order chi connectivity index (χ1) is 11.5. The van der Waals surface area contributed by atoms with Crippen molar-refractivity contribution in [1.29, 1.82) is 0 Å². The first-order valence-corrected chi connectivity index (χ1v) is 9.63. The average Bonchev–Trinajstić information content (AvgIpc) is 3.23. The zero-order valence-electron chi connectivity index (χ0n) is 14.4. The summed E-state index contributed by atoms with van der Waals surface area (Å²) < 4.78 is 0. The smallest absolute Gasteiger partial charge is 0.239 e. The quantitative estimate of drug-likeness (QED) is 0.841. The van der Waals surface area contributed by atoms with Gasteiger partial charge in [-0.1, -0.05) is 13.8 Å². The lowest BCUT2D eigenvalue weighted by atomic mass is 9.91. The van der Waals surface area contributed by atoms with Gasteiger partial charge in [0.15, 0.2) is 0 Å².